The maximum Gasteiger partial charge on any atom is 0.300 e. The predicted molar refractivity (Wildman–Crippen MR) is 151 cm³/mol. The Labute approximate surface area is 224 Å². The third-order valence-corrected chi connectivity index (χ3v) is 7.32. The van der Waals surface area contributed by atoms with Crippen LogP contribution in [0.5, 0.6) is 5.75 Å². The molecule has 0 radical (unpaired) electrons. The summed E-state index contributed by atoms with van der Waals surface area (Å²) in [6.07, 6.45) is 4.50. The van der Waals surface area contributed by atoms with Crippen LogP contribution in [-0.4, -0.2) is 36.5 Å². The van der Waals surface area contributed by atoms with Gasteiger partial charge in [-0.15, -0.1) is 0 Å². The number of benzene rings is 3. The minimum absolute atomic E-state index is 0.0860. The van der Waals surface area contributed by atoms with Crippen LogP contribution < -0.4 is 14.5 Å². The molecule has 3 aromatic rings. The summed E-state index contributed by atoms with van der Waals surface area (Å²) in [5.74, 6) is -0.793. The Hall–Kier alpha value is -4.06. The number of carbonyl (C=O) groups is 2. The lowest BCUT2D eigenvalue weighted by atomic mass is 9.94. The van der Waals surface area contributed by atoms with Crippen molar-refractivity contribution in [1.82, 2.24) is 0 Å². The summed E-state index contributed by atoms with van der Waals surface area (Å²) in [7, 11) is 0. The standard InChI is InChI=1S/C32H34N2O4/c1-3-20-38-27-17-12-24(21-22(27)2)30(35)28-29(23-10-6-4-7-11-23)34(32(37)31(28)36)26-15-13-25(14-16-26)33-18-8-5-9-19-33/h4,6-7,10-17,21,29,35H,3,5,8-9,18-20H2,1-2H3/b30-28-. The molecule has 2 heterocycles. The van der Waals surface area contributed by atoms with Gasteiger partial charge in [-0.25, -0.2) is 0 Å². The quantitative estimate of drug-likeness (QED) is 0.226. The van der Waals surface area contributed by atoms with Gasteiger partial charge in [-0.1, -0.05) is 37.3 Å². The monoisotopic (exact) mass is 510 g/mol. The summed E-state index contributed by atoms with van der Waals surface area (Å²) in [6, 6.07) is 21.8. The fraction of sp³-hybridized carbons (Fsp3) is 0.312. The average Bonchev–Trinajstić information content (AvgIpc) is 3.23. The second-order valence-electron chi connectivity index (χ2n) is 9.97. The Morgan fingerprint density at radius 3 is 2.26 bits per heavy atom. The van der Waals surface area contributed by atoms with E-state index < -0.39 is 17.7 Å². The number of aliphatic hydroxyl groups excluding tert-OH is 1. The van der Waals surface area contributed by atoms with Gasteiger partial charge in [-0.3, -0.25) is 14.5 Å². The molecule has 0 aliphatic carbocycles. The van der Waals surface area contributed by atoms with Crippen LogP contribution in [0.15, 0.2) is 78.4 Å². The van der Waals surface area contributed by atoms with E-state index in [9.17, 15) is 14.7 Å². The van der Waals surface area contributed by atoms with Crippen LogP contribution in [0.25, 0.3) is 5.76 Å². The highest BCUT2D eigenvalue weighted by atomic mass is 16.5. The smallest absolute Gasteiger partial charge is 0.300 e. The number of aliphatic hydroxyl groups is 1. The molecule has 2 aliphatic rings. The second-order valence-corrected chi connectivity index (χ2v) is 9.97. The highest BCUT2D eigenvalue weighted by Crippen LogP contribution is 2.42. The molecule has 6 nitrogen and oxygen atoms in total. The molecule has 1 amide bonds. The summed E-state index contributed by atoms with van der Waals surface area (Å²) in [4.78, 5) is 30.8. The first-order valence-corrected chi connectivity index (χ1v) is 13.4. The summed E-state index contributed by atoms with van der Waals surface area (Å²) >= 11 is 0. The molecule has 2 aliphatic heterocycles. The summed E-state index contributed by atoms with van der Waals surface area (Å²) < 4.78 is 5.77. The Balaban J connectivity index is 1.56. The molecule has 3 aromatic carbocycles. The van der Waals surface area contributed by atoms with Gasteiger partial charge >= 0.3 is 0 Å². The van der Waals surface area contributed by atoms with E-state index in [4.69, 9.17) is 4.74 Å². The maximum atomic E-state index is 13.5. The molecular formula is C32H34N2O4. The second kappa shape index (κ2) is 11.1. The molecule has 5 rings (SSSR count). The van der Waals surface area contributed by atoms with Gasteiger partial charge < -0.3 is 14.7 Å². The van der Waals surface area contributed by atoms with E-state index in [-0.39, 0.29) is 11.3 Å². The molecule has 0 bridgehead atoms. The van der Waals surface area contributed by atoms with Gasteiger partial charge in [0, 0.05) is 30.0 Å². The van der Waals surface area contributed by atoms with Crippen molar-refractivity contribution in [3.05, 3.63) is 95.1 Å². The first kappa shape index (κ1) is 25.6. The van der Waals surface area contributed by atoms with Gasteiger partial charge in [-0.2, -0.15) is 0 Å². The summed E-state index contributed by atoms with van der Waals surface area (Å²) in [6.45, 7) is 6.59. The fourth-order valence-electron chi connectivity index (χ4n) is 5.35. The SMILES string of the molecule is CCCOc1ccc(/C(O)=C2/C(=O)C(=O)N(c3ccc(N4CCCCC4)cc3)C2c2ccccc2)cc1C. The molecular weight excluding hydrogens is 476 g/mol. The lowest BCUT2D eigenvalue weighted by Gasteiger charge is -2.30. The number of ketones is 1. The van der Waals surface area contributed by atoms with Crippen molar-refractivity contribution in [3.8, 4) is 5.75 Å². The van der Waals surface area contributed by atoms with Crippen molar-refractivity contribution in [2.75, 3.05) is 29.5 Å². The molecule has 196 valence electrons. The number of piperidine rings is 1. The van der Waals surface area contributed by atoms with Crippen molar-refractivity contribution in [1.29, 1.82) is 0 Å². The number of hydrogen-bond acceptors (Lipinski definition) is 5. The zero-order valence-corrected chi connectivity index (χ0v) is 22.0. The van der Waals surface area contributed by atoms with E-state index >= 15 is 0 Å². The molecule has 2 fully saturated rings. The number of anilines is 2. The van der Waals surface area contributed by atoms with E-state index in [1.807, 2.05) is 68.4 Å². The zero-order valence-electron chi connectivity index (χ0n) is 22.0. The van der Waals surface area contributed by atoms with E-state index in [0.717, 1.165) is 42.1 Å². The number of Topliss-reactive ketones (excluding diaryl/α,β-unsaturated/α-hetero) is 1. The Morgan fingerprint density at radius 1 is 0.921 bits per heavy atom. The van der Waals surface area contributed by atoms with Crippen LogP contribution in [-0.2, 0) is 9.59 Å². The number of rotatable bonds is 7. The summed E-state index contributed by atoms with van der Waals surface area (Å²) in [5.41, 5.74) is 3.91. The third-order valence-electron chi connectivity index (χ3n) is 7.32. The predicted octanol–water partition coefficient (Wildman–Crippen LogP) is 6.40. The van der Waals surface area contributed by atoms with Crippen LogP contribution >= 0.6 is 0 Å². The number of nitrogens with zero attached hydrogens (tertiary/aromatic N) is 2. The average molecular weight is 511 g/mol. The van der Waals surface area contributed by atoms with E-state index in [1.54, 1.807) is 18.2 Å². The van der Waals surface area contributed by atoms with Gasteiger partial charge in [0.2, 0.25) is 0 Å². The lowest BCUT2D eigenvalue weighted by Crippen LogP contribution is -2.30. The van der Waals surface area contributed by atoms with E-state index in [1.165, 1.54) is 24.2 Å². The van der Waals surface area contributed by atoms with E-state index in [2.05, 4.69) is 4.90 Å². The normalized spacial score (nSPS) is 19.2. The Morgan fingerprint density at radius 2 is 1.61 bits per heavy atom. The van der Waals surface area contributed by atoms with E-state index in [0.29, 0.717) is 17.9 Å². The van der Waals surface area contributed by atoms with Crippen LogP contribution in [0.2, 0.25) is 0 Å². The van der Waals surface area contributed by atoms with Crippen molar-refractivity contribution in [3.63, 3.8) is 0 Å². The van der Waals surface area contributed by atoms with Crippen LogP contribution in [0, 0.1) is 6.92 Å². The largest absolute Gasteiger partial charge is 0.507 e. The fourth-order valence-corrected chi connectivity index (χ4v) is 5.35. The molecule has 1 atom stereocenters. The first-order chi connectivity index (χ1) is 18.5. The van der Waals surface area contributed by atoms with Gasteiger partial charge in [0.05, 0.1) is 18.2 Å². The molecule has 0 spiro atoms. The molecule has 1 unspecified atom stereocenters. The van der Waals surface area contributed by atoms with Crippen LogP contribution in [0.3, 0.4) is 0 Å². The Bertz CT molecular complexity index is 1340. The molecule has 1 N–H and O–H groups in total. The maximum absolute atomic E-state index is 13.5. The van der Waals surface area contributed by atoms with Crippen LogP contribution in [0.1, 0.15) is 55.3 Å². The molecule has 38 heavy (non-hydrogen) atoms. The zero-order chi connectivity index (χ0) is 26.6. The highest BCUT2D eigenvalue weighted by molar-refractivity contribution is 6.51. The number of amides is 1. The number of aryl methyl sites for hydroxylation is 1. The lowest BCUT2D eigenvalue weighted by molar-refractivity contribution is -0.132. The van der Waals surface area contributed by atoms with Crippen molar-refractivity contribution in [2.24, 2.45) is 0 Å². The van der Waals surface area contributed by atoms with Gasteiger partial charge in [0.15, 0.2) is 0 Å². The molecule has 0 aromatic heterocycles. The highest BCUT2D eigenvalue weighted by Gasteiger charge is 2.47. The topological polar surface area (TPSA) is 70.1 Å². The van der Waals surface area contributed by atoms with Crippen molar-refractivity contribution < 1.29 is 19.4 Å². The van der Waals surface area contributed by atoms with Gasteiger partial charge in [0.1, 0.15) is 11.5 Å². The minimum Gasteiger partial charge on any atom is -0.507 e. The number of carbonyl (C=O) groups excluding carboxylic acids is 2. The minimum atomic E-state index is -0.742. The summed E-state index contributed by atoms with van der Waals surface area (Å²) in [5, 5.41) is 11.4. The molecule has 6 heteroatoms. The van der Waals surface area contributed by atoms with Crippen molar-refractivity contribution >= 4 is 28.8 Å². The van der Waals surface area contributed by atoms with Gasteiger partial charge in [0.25, 0.3) is 11.7 Å². The van der Waals surface area contributed by atoms with Gasteiger partial charge in [-0.05, 0) is 86.2 Å². The molecule has 2 saturated heterocycles. The Kier molecular flexibility index (Phi) is 7.50. The number of hydrogen-bond donors (Lipinski definition) is 1. The molecule has 0 saturated carbocycles. The number of ether oxygens (including phenoxy) is 1. The third kappa shape index (κ3) is 4.91. The van der Waals surface area contributed by atoms with Crippen LogP contribution in [0.4, 0.5) is 11.4 Å². The van der Waals surface area contributed by atoms with Crippen molar-refractivity contribution in [2.45, 2.75) is 45.6 Å². The first-order valence-electron chi connectivity index (χ1n) is 13.4.